The van der Waals surface area contributed by atoms with Gasteiger partial charge in [-0.2, -0.15) is 4.31 Å². The minimum absolute atomic E-state index is 0.0175. The average Bonchev–Trinajstić information content (AvgIpc) is 2.65. The van der Waals surface area contributed by atoms with Crippen molar-refractivity contribution in [1.82, 2.24) is 4.31 Å². The van der Waals surface area contributed by atoms with Crippen LogP contribution in [0.25, 0.3) is 0 Å². The fraction of sp³-hybridized carbons (Fsp3) is 0.588. The molecule has 8 nitrogen and oxygen atoms in total. The second-order valence-corrected chi connectivity index (χ2v) is 8.17. The fourth-order valence-corrected chi connectivity index (χ4v) is 4.54. The molecule has 2 unspecified atom stereocenters. The quantitative estimate of drug-likeness (QED) is 0.490. The summed E-state index contributed by atoms with van der Waals surface area (Å²) in [5.74, 6) is 4.50. The normalized spacial score (nSPS) is 21.5. The largest absolute Gasteiger partial charge is 0.494 e. The van der Waals surface area contributed by atoms with E-state index in [1.807, 2.05) is 0 Å². The molecule has 0 radical (unpaired) electrons. The number of carbonyl (C=O) groups is 1. The predicted octanol–water partition coefficient (Wildman–Crippen LogP) is 1.75. The fourth-order valence-electron chi connectivity index (χ4n) is 2.93. The number of carboxylic acid groups (broad SMARTS) is 1. The number of ether oxygens (including phenoxy) is 1. The second kappa shape index (κ2) is 9.31. The van der Waals surface area contributed by atoms with Crippen molar-refractivity contribution < 1.29 is 27.9 Å². The number of hydrogen-bond acceptors (Lipinski definition) is 6. The van der Waals surface area contributed by atoms with E-state index in [1.54, 1.807) is 12.1 Å². The van der Waals surface area contributed by atoms with Crippen molar-refractivity contribution in [2.24, 2.45) is 5.90 Å². The third-order valence-corrected chi connectivity index (χ3v) is 6.35. The Kier molecular flexibility index (Phi) is 7.39. The van der Waals surface area contributed by atoms with E-state index in [0.717, 1.165) is 23.6 Å². The van der Waals surface area contributed by atoms with Gasteiger partial charge in [-0.1, -0.05) is 19.8 Å². The summed E-state index contributed by atoms with van der Waals surface area (Å²) in [5, 5.41) is 9.39. The lowest BCUT2D eigenvalue weighted by atomic mass is 10.0. The highest BCUT2D eigenvalue weighted by Gasteiger charge is 2.41. The Balaban J connectivity index is 2.11. The number of nitrogens with zero attached hydrogens (tertiary/aromatic N) is 1. The van der Waals surface area contributed by atoms with E-state index in [0.29, 0.717) is 18.8 Å². The topological polar surface area (TPSA) is 119 Å². The highest BCUT2D eigenvalue weighted by Crippen LogP contribution is 2.27. The molecule has 1 aliphatic heterocycles. The molecule has 0 aliphatic carbocycles. The maximum Gasteiger partial charge on any atom is 0.322 e. The first-order chi connectivity index (χ1) is 12.4. The molecule has 0 saturated carbocycles. The molecule has 1 aromatic rings. The summed E-state index contributed by atoms with van der Waals surface area (Å²) in [6.07, 6.45) is 3.00. The van der Waals surface area contributed by atoms with Crippen LogP contribution in [-0.2, 0) is 19.7 Å². The summed E-state index contributed by atoms with van der Waals surface area (Å²) in [5.41, 5.74) is 0. The van der Waals surface area contributed by atoms with Gasteiger partial charge in [-0.25, -0.2) is 14.3 Å². The van der Waals surface area contributed by atoms with E-state index >= 15 is 0 Å². The van der Waals surface area contributed by atoms with Crippen LogP contribution in [0.2, 0.25) is 0 Å². The number of hydrogen-bond donors (Lipinski definition) is 2. The molecule has 1 fully saturated rings. The summed E-state index contributed by atoms with van der Waals surface area (Å²) < 4.78 is 32.3. The van der Waals surface area contributed by atoms with E-state index in [2.05, 4.69) is 6.92 Å². The van der Waals surface area contributed by atoms with E-state index in [-0.39, 0.29) is 17.9 Å². The van der Waals surface area contributed by atoms with Crippen LogP contribution in [0.5, 0.6) is 5.75 Å². The van der Waals surface area contributed by atoms with Gasteiger partial charge in [0.2, 0.25) is 10.0 Å². The average molecular weight is 386 g/mol. The standard InChI is InChI=1S/C17H26N2O6S/c1-2-3-4-11-24-13-5-7-15(8-6-13)26(22,23)19-10-9-14(25-18)12-16(19)17(20)21/h5-8,14,16H,2-4,9-12,18H2,1H3,(H,20,21). The van der Waals surface area contributed by atoms with Crippen LogP contribution in [-0.4, -0.2) is 49.1 Å². The van der Waals surface area contributed by atoms with Crippen molar-refractivity contribution in [2.45, 2.75) is 56.1 Å². The summed E-state index contributed by atoms with van der Waals surface area (Å²) in [6, 6.07) is 4.85. The number of sulfonamides is 1. The zero-order valence-electron chi connectivity index (χ0n) is 14.8. The first kappa shape index (κ1) is 20.6. The van der Waals surface area contributed by atoms with Crippen molar-refractivity contribution in [3.05, 3.63) is 24.3 Å². The lowest BCUT2D eigenvalue weighted by Crippen LogP contribution is -2.52. The molecule has 1 saturated heterocycles. The van der Waals surface area contributed by atoms with Crippen LogP contribution in [0, 0.1) is 0 Å². The Hall–Kier alpha value is -1.68. The van der Waals surface area contributed by atoms with Gasteiger partial charge in [0, 0.05) is 13.0 Å². The van der Waals surface area contributed by atoms with Crippen LogP contribution < -0.4 is 10.6 Å². The maximum atomic E-state index is 12.9. The molecule has 1 heterocycles. The number of rotatable bonds is 9. The van der Waals surface area contributed by atoms with Gasteiger partial charge >= 0.3 is 5.97 Å². The molecular weight excluding hydrogens is 360 g/mol. The van der Waals surface area contributed by atoms with Gasteiger partial charge < -0.3 is 14.7 Å². The molecule has 0 amide bonds. The Morgan fingerprint density at radius 1 is 1.31 bits per heavy atom. The van der Waals surface area contributed by atoms with Crippen molar-refractivity contribution in [1.29, 1.82) is 0 Å². The highest BCUT2D eigenvalue weighted by molar-refractivity contribution is 7.89. The number of piperidine rings is 1. The van der Waals surface area contributed by atoms with Crippen LogP contribution >= 0.6 is 0 Å². The van der Waals surface area contributed by atoms with Crippen molar-refractivity contribution in [2.75, 3.05) is 13.2 Å². The van der Waals surface area contributed by atoms with Gasteiger partial charge in [0.25, 0.3) is 0 Å². The van der Waals surface area contributed by atoms with Crippen LogP contribution in [0.15, 0.2) is 29.2 Å². The number of benzene rings is 1. The lowest BCUT2D eigenvalue weighted by Gasteiger charge is -2.35. The molecule has 9 heteroatoms. The highest BCUT2D eigenvalue weighted by atomic mass is 32.2. The van der Waals surface area contributed by atoms with Crippen molar-refractivity contribution in [3.63, 3.8) is 0 Å². The van der Waals surface area contributed by atoms with E-state index < -0.39 is 28.1 Å². The molecule has 3 N–H and O–H groups in total. The second-order valence-electron chi connectivity index (χ2n) is 6.28. The van der Waals surface area contributed by atoms with Crippen LogP contribution in [0.3, 0.4) is 0 Å². The monoisotopic (exact) mass is 386 g/mol. The van der Waals surface area contributed by atoms with Gasteiger partial charge in [0.15, 0.2) is 0 Å². The van der Waals surface area contributed by atoms with Gasteiger partial charge in [-0.15, -0.1) is 0 Å². The van der Waals surface area contributed by atoms with Crippen LogP contribution in [0.4, 0.5) is 0 Å². The van der Waals surface area contributed by atoms with E-state index in [9.17, 15) is 18.3 Å². The third-order valence-electron chi connectivity index (χ3n) is 4.43. The third kappa shape index (κ3) is 4.94. The van der Waals surface area contributed by atoms with Gasteiger partial charge in [-0.3, -0.25) is 4.79 Å². The minimum atomic E-state index is -3.93. The molecular formula is C17H26N2O6S. The lowest BCUT2D eigenvalue weighted by molar-refractivity contribution is -0.144. The molecule has 0 bridgehead atoms. The Bertz CT molecular complexity index is 692. The first-order valence-electron chi connectivity index (χ1n) is 8.73. The number of nitrogens with two attached hydrogens (primary N) is 1. The predicted molar refractivity (Wildman–Crippen MR) is 95.1 cm³/mol. The molecule has 1 aromatic carbocycles. The van der Waals surface area contributed by atoms with E-state index in [4.69, 9.17) is 15.5 Å². The first-order valence-corrected chi connectivity index (χ1v) is 10.2. The SMILES string of the molecule is CCCCCOc1ccc(S(=O)(=O)N2CCC(ON)CC2C(=O)O)cc1. The molecule has 2 atom stereocenters. The Morgan fingerprint density at radius 3 is 2.58 bits per heavy atom. The van der Waals surface area contributed by atoms with Crippen LogP contribution in [0.1, 0.15) is 39.0 Å². The summed E-state index contributed by atoms with van der Waals surface area (Å²) >= 11 is 0. The molecule has 0 aromatic heterocycles. The van der Waals surface area contributed by atoms with Gasteiger partial charge in [0.1, 0.15) is 11.8 Å². The number of carboxylic acids is 1. The minimum Gasteiger partial charge on any atom is -0.494 e. The van der Waals surface area contributed by atoms with E-state index in [1.165, 1.54) is 12.1 Å². The number of aliphatic carboxylic acids is 1. The maximum absolute atomic E-state index is 12.9. The molecule has 0 spiro atoms. The Morgan fingerprint density at radius 2 is 2.00 bits per heavy atom. The molecule has 2 rings (SSSR count). The molecule has 146 valence electrons. The van der Waals surface area contributed by atoms with Gasteiger partial charge in [0.05, 0.1) is 17.6 Å². The summed E-state index contributed by atoms with van der Waals surface area (Å²) in [4.78, 5) is 16.3. The molecule has 1 aliphatic rings. The smallest absolute Gasteiger partial charge is 0.322 e. The van der Waals surface area contributed by atoms with Gasteiger partial charge in [-0.05, 0) is 37.1 Å². The Labute approximate surface area is 153 Å². The zero-order valence-corrected chi connectivity index (χ0v) is 15.7. The summed E-state index contributed by atoms with van der Waals surface area (Å²) in [6.45, 7) is 2.72. The molecule has 26 heavy (non-hydrogen) atoms. The van der Waals surface area contributed by atoms with Crippen molar-refractivity contribution in [3.8, 4) is 5.75 Å². The summed E-state index contributed by atoms with van der Waals surface area (Å²) in [7, 11) is -3.93. The van der Waals surface area contributed by atoms with Crippen molar-refractivity contribution >= 4 is 16.0 Å². The zero-order chi connectivity index (χ0) is 19.2. The number of unbranched alkanes of at least 4 members (excludes halogenated alkanes) is 2.